The van der Waals surface area contributed by atoms with Gasteiger partial charge in [0.2, 0.25) is 0 Å². The van der Waals surface area contributed by atoms with Crippen LogP contribution in [0.5, 0.6) is 11.5 Å². The molecule has 0 N–H and O–H groups in total. The van der Waals surface area contributed by atoms with Crippen LogP contribution < -0.4 is 35.1 Å². The number of hydrogen-bond acceptors (Lipinski definition) is 3. The molecule has 0 aliphatic carbocycles. The van der Waals surface area contributed by atoms with Crippen molar-refractivity contribution in [2.75, 3.05) is 18.7 Å². The molecule has 5 heteroatoms. The lowest BCUT2D eigenvalue weighted by molar-refractivity contribution is 0.394. The minimum atomic E-state index is -0.961. The average Bonchev–Trinajstić information content (AvgIpc) is 2.98. The summed E-state index contributed by atoms with van der Waals surface area (Å²) >= 11 is 0. The van der Waals surface area contributed by atoms with Crippen LogP contribution in [-0.2, 0) is 0 Å². The second-order valence-corrected chi connectivity index (χ2v) is 12.8. The van der Waals surface area contributed by atoms with E-state index in [0.717, 1.165) is 17.2 Å². The zero-order valence-electron chi connectivity index (χ0n) is 20.9. The molecule has 0 radical (unpaired) electrons. The fourth-order valence-corrected chi connectivity index (χ4v) is 10.2. The number of benzene rings is 5. The first kappa shape index (κ1) is 25.0. The molecule has 5 rings (SSSR count). The van der Waals surface area contributed by atoms with E-state index in [-0.39, 0.29) is 0 Å². The summed E-state index contributed by atoms with van der Waals surface area (Å²) in [6, 6.07) is 49.5. The molecule has 0 saturated heterocycles. The average molecular weight is 522 g/mol. The summed E-state index contributed by atoms with van der Waals surface area (Å²) in [7, 11) is 1.49. The Balaban J connectivity index is 1.83. The Morgan fingerprint density at radius 3 is 1.00 bits per heavy atom. The molecule has 0 aliphatic rings. The van der Waals surface area contributed by atoms with E-state index in [2.05, 4.69) is 138 Å². The Labute approximate surface area is 221 Å². The van der Waals surface area contributed by atoms with Crippen LogP contribution in [0.25, 0.3) is 0 Å². The van der Waals surface area contributed by atoms with Crippen LogP contribution in [0.3, 0.4) is 0 Å². The van der Waals surface area contributed by atoms with Crippen molar-refractivity contribution >= 4 is 43.1 Å². The molecule has 3 nitrogen and oxygen atoms in total. The third-order valence-electron chi connectivity index (χ3n) is 5.95. The van der Waals surface area contributed by atoms with Crippen LogP contribution in [0.1, 0.15) is 0 Å². The molecule has 0 atom stereocenters. The van der Waals surface area contributed by atoms with Gasteiger partial charge in [0.15, 0.2) is 0 Å². The number of nitrogens with zero attached hydrogens (tertiary/aromatic N) is 1. The SMILES string of the molecule is COc1cc(OC)cc(N(P(c2ccccc2)c2ccccc2)P(c2ccccc2)c2ccccc2)c1. The number of methoxy groups -OCH3 is 2. The first-order valence-corrected chi connectivity index (χ1v) is 14.7. The molecule has 0 aliphatic heterocycles. The molecule has 0 amide bonds. The Kier molecular flexibility index (Phi) is 8.16. The molecule has 0 heterocycles. The molecule has 0 aromatic heterocycles. The minimum absolute atomic E-state index is 0.770. The van der Waals surface area contributed by atoms with E-state index < -0.39 is 16.1 Å². The van der Waals surface area contributed by atoms with Crippen molar-refractivity contribution < 1.29 is 9.47 Å². The molecule has 184 valence electrons. The van der Waals surface area contributed by atoms with Gasteiger partial charge in [-0.2, -0.15) is 0 Å². The Hall–Kier alpha value is -3.64. The lowest BCUT2D eigenvalue weighted by Crippen LogP contribution is -2.31. The molecular formula is C32H29NO2P2. The molecule has 0 spiro atoms. The van der Waals surface area contributed by atoms with Crippen molar-refractivity contribution in [1.82, 2.24) is 0 Å². The maximum Gasteiger partial charge on any atom is 0.124 e. The molecule has 37 heavy (non-hydrogen) atoms. The molecule has 0 bridgehead atoms. The van der Waals surface area contributed by atoms with Crippen LogP contribution >= 0.6 is 16.1 Å². The van der Waals surface area contributed by atoms with Gasteiger partial charge < -0.3 is 13.9 Å². The Bertz CT molecular complexity index is 1220. The van der Waals surface area contributed by atoms with E-state index in [0.29, 0.717) is 0 Å². The Morgan fingerprint density at radius 2 is 0.730 bits per heavy atom. The first-order chi connectivity index (χ1) is 18.3. The summed E-state index contributed by atoms with van der Waals surface area (Å²) in [5, 5.41) is 5.13. The van der Waals surface area contributed by atoms with Crippen molar-refractivity contribution in [2.24, 2.45) is 0 Å². The summed E-state index contributed by atoms with van der Waals surface area (Å²) in [5.74, 6) is 1.54. The van der Waals surface area contributed by atoms with Gasteiger partial charge in [-0.15, -0.1) is 0 Å². The molecule has 0 fully saturated rings. The van der Waals surface area contributed by atoms with Gasteiger partial charge in [-0.25, -0.2) is 0 Å². The summed E-state index contributed by atoms with van der Waals surface area (Å²) in [4.78, 5) is 0. The summed E-state index contributed by atoms with van der Waals surface area (Å²) in [5.41, 5.74) is 1.06. The fraction of sp³-hybridized carbons (Fsp3) is 0.0625. The minimum Gasteiger partial charge on any atom is -0.497 e. The van der Waals surface area contributed by atoms with Gasteiger partial charge in [-0.05, 0) is 0 Å². The topological polar surface area (TPSA) is 21.7 Å². The molecule has 5 aromatic carbocycles. The highest BCUT2D eigenvalue weighted by molar-refractivity contribution is 7.90. The zero-order chi connectivity index (χ0) is 25.5. The standard InChI is InChI=1S/C32H29NO2P2/c1-34-27-23-26(24-28(25-27)35-2)33(36(29-15-7-3-8-16-29)30-17-9-4-10-18-30)37(31-19-11-5-12-20-31)32-21-13-6-14-22-32/h3-25H,1-2H3. The predicted molar refractivity (Wildman–Crippen MR) is 160 cm³/mol. The van der Waals surface area contributed by atoms with Crippen molar-refractivity contribution in [3.05, 3.63) is 140 Å². The van der Waals surface area contributed by atoms with E-state index in [1.165, 1.54) is 21.2 Å². The predicted octanol–water partition coefficient (Wildman–Crippen LogP) is 6.61. The van der Waals surface area contributed by atoms with Crippen molar-refractivity contribution in [3.8, 4) is 11.5 Å². The molecule has 5 aromatic rings. The van der Waals surface area contributed by atoms with E-state index in [4.69, 9.17) is 9.47 Å². The van der Waals surface area contributed by atoms with E-state index in [1.807, 2.05) is 6.07 Å². The monoisotopic (exact) mass is 521 g/mol. The number of hydrogen-bond donors (Lipinski definition) is 0. The summed E-state index contributed by atoms with van der Waals surface area (Å²) in [6.45, 7) is 0. The number of rotatable bonds is 9. The zero-order valence-corrected chi connectivity index (χ0v) is 22.7. The number of anilines is 1. The normalized spacial score (nSPS) is 10.9. The van der Waals surface area contributed by atoms with Crippen molar-refractivity contribution in [3.63, 3.8) is 0 Å². The van der Waals surface area contributed by atoms with Gasteiger partial charge >= 0.3 is 0 Å². The van der Waals surface area contributed by atoms with Crippen LogP contribution in [0.4, 0.5) is 5.69 Å². The molecule has 0 saturated carbocycles. The highest BCUT2D eigenvalue weighted by atomic mass is 31.2. The third-order valence-corrected chi connectivity index (χ3v) is 11.4. The van der Waals surface area contributed by atoms with E-state index >= 15 is 0 Å². The largest absolute Gasteiger partial charge is 0.497 e. The van der Waals surface area contributed by atoms with Crippen molar-refractivity contribution in [1.29, 1.82) is 0 Å². The molecule has 0 unspecified atom stereocenters. The van der Waals surface area contributed by atoms with Gasteiger partial charge in [0.1, 0.15) is 11.5 Å². The van der Waals surface area contributed by atoms with Crippen LogP contribution in [0.15, 0.2) is 140 Å². The maximum atomic E-state index is 5.74. The first-order valence-electron chi connectivity index (χ1n) is 12.1. The highest BCUT2D eigenvalue weighted by Crippen LogP contribution is 2.57. The summed E-state index contributed by atoms with van der Waals surface area (Å²) in [6.07, 6.45) is 0. The van der Waals surface area contributed by atoms with Gasteiger partial charge in [-0.3, -0.25) is 0 Å². The second kappa shape index (κ2) is 12.1. The van der Waals surface area contributed by atoms with E-state index in [9.17, 15) is 0 Å². The Morgan fingerprint density at radius 1 is 0.432 bits per heavy atom. The number of ether oxygens (including phenoxy) is 2. The quantitative estimate of drug-likeness (QED) is 0.204. The fourth-order valence-electron chi connectivity index (χ4n) is 4.24. The van der Waals surface area contributed by atoms with Gasteiger partial charge in [0.05, 0.1) is 36.1 Å². The third kappa shape index (κ3) is 5.70. The lowest BCUT2D eigenvalue weighted by Gasteiger charge is -2.40. The van der Waals surface area contributed by atoms with Gasteiger partial charge in [-0.1, -0.05) is 121 Å². The summed E-state index contributed by atoms with van der Waals surface area (Å²) < 4.78 is 14.1. The smallest absolute Gasteiger partial charge is 0.124 e. The molecular weight excluding hydrogens is 492 g/mol. The van der Waals surface area contributed by atoms with E-state index in [1.54, 1.807) is 14.2 Å². The van der Waals surface area contributed by atoms with Crippen LogP contribution in [-0.4, -0.2) is 14.2 Å². The van der Waals surface area contributed by atoms with Crippen LogP contribution in [0, 0.1) is 0 Å². The maximum absolute atomic E-state index is 5.74. The lowest BCUT2D eigenvalue weighted by atomic mass is 10.3. The highest BCUT2D eigenvalue weighted by Gasteiger charge is 2.32. The second-order valence-electron chi connectivity index (χ2n) is 8.33. The van der Waals surface area contributed by atoms with Crippen LogP contribution in [0.2, 0.25) is 0 Å². The van der Waals surface area contributed by atoms with Crippen molar-refractivity contribution in [2.45, 2.75) is 0 Å². The van der Waals surface area contributed by atoms with Gasteiger partial charge in [0, 0.05) is 39.4 Å². The van der Waals surface area contributed by atoms with Gasteiger partial charge in [0.25, 0.3) is 0 Å².